The SMILES string of the molecule is CCn1c(=O)c(-c2cccs2)cc2c(C)nc(Nc3ccc(N4CCN(Cc5ccccc5)CC4)cc3)nc21.[HH]. The zero-order valence-electron chi connectivity index (χ0n) is 22.3. The molecule has 0 aliphatic carbocycles. The second-order valence-corrected chi connectivity index (χ2v) is 10.8. The molecule has 0 radical (unpaired) electrons. The zero-order chi connectivity index (χ0) is 26.8. The second kappa shape index (κ2) is 11.0. The van der Waals surface area contributed by atoms with Crippen molar-refractivity contribution in [1.82, 2.24) is 19.4 Å². The van der Waals surface area contributed by atoms with Gasteiger partial charge in [0, 0.05) is 62.3 Å². The van der Waals surface area contributed by atoms with Crippen LogP contribution >= 0.6 is 11.3 Å². The number of nitrogens with zero attached hydrogens (tertiary/aromatic N) is 5. The minimum atomic E-state index is -0.0234. The van der Waals surface area contributed by atoms with Gasteiger partial charge in [-0.1, -0.05) is 36.4 Å². The largest absolute Gasteiger partial charge is 0.369 e. The van der Waals surface area contributed by atoms with E-state index in [1.165, 1.54) is 11.3 Å². The predicted molar refractivity (Wildman–Crippen MR) is 163 cm³/mol. The molecule has 1 N–H and O–H groups in total. The monoisotopic (exact) mass is 538 g/mol. The van der Waals surface area contributed by atoms with Gasteiger partial charge in [-0.3, -0.25) is 14.3 Å². The number of aromatic nitrogens is 3. The van der Waals surface area contributed by atoms with Crippen molar-refractivity contribution in [2.75, 3.05) is 36.4 Å². The Labute approximate surface area is 233 Å². The Balaban J connectivity index is 0.00000323. The van der Waals surface area contributed by atoms with E-state index in [9.17, 15) is 4.79 Å². The van der Waals surface area contributed by atoms with E-state index in [1.54, 1.807) is 15.9 Å². The smallest absolute Gasteiger partial charge is 0.260 e. The molecule has 1 fully saturated rings. The van der Waals surface area contributed by atoms with Gasteiger partial charge in [0.1, 0.15) is 5.65 Å². The Morgan fingerprint density at radius 2 is 1.72 bits per heavy atom. The number of rotatable bonds is 7. The molecule has 1 aliphatic heterocycles. The number of benzene rings is 2. The van der Waals surface area contributed by atoms with E-state index in [-0.39, 0.29) is 6.99 Å². The first-order valence-electron chi connectivity index (χ1n) is 13.4. The van der Waals surface area contributed by atoms with Gasteiger partial charge in [0.15, 0.2) is 0 Å². The summed E-state index contributed by atoms with van der Waals surface area (Å²) in [7, 11) is 0. The summed E-state index contributed by atoms with van der Waals surface area (Å²) < 4.78 is 1.74. The highest BCUT2D eigenvalue weighted by Crippen LogP contribution is 2.27. The number of aryl methyl sites for hydroxylation is 2. The second-order valence-electron chi connectivity index (χ2n) is 9.88. The first kappa shape index (κ1) is 25.3. The molecule has 0 amide bonds. The molecule has 8 heteroatoms. The van der Waals surface area contributed by atoms with E-state index in [2.05, 4.69) is 69.7 Å². The Morgan fingerprint density at radius 1 is 0.949 bits per heavy atom. The quantitative estimate of drug-likeness (QED) is 0.268. The van der Waals surface area contributed by atoms with Crippen LogP contribution in [0.5, 0.6) is 0 Å². The van der Waals surface area contributed by atoms with Gasteiger partial charge in [0.05, 0.1) is 11.3 Å². The average Bonchev–Trinajstić information content (AvgIpc) is 3.49. The first-order chi connectivity index (χ1) is 19.1. The van der Waals surface area contributed by atoms with Crippen LogP contribution in [-0.4, -0.2) is 45.6 Å². The van der Waals surface area contributed by atoms with Crippen molar-refractivity contribution >= 4 is 39.7 Å². The molecule has 7 nitrogen and oxygen atoms in total. The lowest BCUT2D eigenvalue weighted by molar-refractivity contribution is 0.250. The molecule has 0 atom stereocenters. The molecule has 0 spiro atoms. The van der Waals surface area contributed by atoms with Crippen LogP contribution in [0.1, 0.15) is 19.6 Å². The van der Waals surface area contributed by atoms with Crippen molar-refractivity contribution in [2.45, 2.75) is 26.9 Å². The van der Waals surface area contributed by atoms with Crippen molar-refractivity contribution < 1.29 is 1.43 Å². The van der Waals surface area contributed by atoms with Crippen molar-refractivity contribution in [3.63, 3.8) is 0 Å². The van der Waals surface area contributed by atoms with Crippen LogP contribution in [0.15, 0.2) is 83.0 Å². The molecule has 6 rings (SSSR count). The third-order valence-electron chi connectivity index (χ3n) is 7.35. The Morgan fingerprint density at radius 3 is 2.41 bits per heavy atom. The van der Waals surface area contributed by atoms with Gasteiger partial charge in [-0.25, -0.2) is 4.98 Å². The Bertz CT molecular complexity index is 1630. The van der Waals surface area contributed by atoms with Gasteiger partial charge in [0.25, 0.3) is 5.56 Å². The van der Waals surface area contributed by atoms with Crippen molar-refractivity contribution in [3.8, 4) is 10.4 Å². The standard InChI is InChI=1S/C31H32N6OS.H2/c1-3-37-29-26(20-27(30(37)38)28-10-7-19-39-28)22(2)32-31(34-29)33-24-11-13-25(14-12-24)36-17-15-35(16-18-36)21-23-8-5-4-6-9-23;/h4-14,19-20H,3,15-18,21H2,1-2H3,(H,32,33,34);1H. The molecular formula is C31H34N6OS. The predicted octanol–water partition coefficient (Wildman–Crippen LogP) is 6.16. The summed E-state index contributed by atoms with van der Waals surface area (Å²) in [6.07, 6.45) is 0. The highest BCUT2D eigenvalue weighted by atomic mass is 32.1. The van der Waals surface area contributed by atoms with Crippen molar-refractivity contribution in [3.05, 3.63) is 99.8 Å². The summed E-state index contributed by atoms with van der Waals surface area (Å²) in [5.41, 5.74) is 5.67. The normalized spacial score (nSPS) is 14.2. The van der Waals surface area contributed by atoms with Gasteiger partial charge >= 0.3 is 0 Å². The zero-order valence-corrected chi connectivity index (χ0v) is 23.1. The third-order valence-corrected chi connectivity index (χ3v) is 8.25. The average molecular weight is 539 g/mol. The van der Waals surface area contributed by atoms with Crippen LogP contribution in [0.25, 0.3) is 21.5 Å². The number of hydrogen-bond donors (Lipinski definition) is 1. The summed E-state index contributed by atoms with van der Waals surface area (Å²) >= 11 is 1.57. The van der Waals surface area contributed by atoms with E-state index in [4.69, 9.17) is 9.97 Å². The topological polar surface area (TPSA) is 66.3 Å². The maximum atomic E-state index is 13.3. The molecule has 39 heavy (non-hydrogen) atoms. The van der Waals surface area contributed by atoms with Crippen LogP contribution in [0.3, 0.4) is 0 Å². The van der Waals surface area contributed by atoms with Gasteiger partial charge in [-0.05, 0) is 61.2 Å². The summed E-state index contributed by atoms with van der Waals surface area (Å²) in [6, 6.07) is 25.0. The molecular weight excluding hydrogens is 504 g/mol. The Hall–Kier alpha value is -4.01. The molecule has 0 bridgehead atoms. The number of pyridine rings is 1. The lowest BCUT2D eigenvalue weighted by Gasteiger charge is -2.36. The Kier molecular flexibility index (Phi) is 7.13. The number of anilines is 3. The minimum absolute atomic E-state index is 0. The van der Waals surface area contributed by atoms with Gasteiger partial charge in [-0.15, -0.1) is 11.3 Å². The number of nitrogens with one attached hydrogen (secondary N) is 1. The van der Waals surface area contributed by atoms with Crippen LogP contribution in [0.4, 0.5) is 17.3 Å². The van der Waals surface area contributed by atoms with Crippen LogP contribution < -0.4 is 15.8 Å². The van der Waals surface area contributed by atoms with Crippen molar-refractivity contribution in [2.24, 2.45) is 0 Å². The number of hydrogen-bond acceptors (Lipinski definition) is 7. The lowest BCUT2D eigenvalue weighted by atomic mass is 10.1. The molecule has 0 saturated carbocycles. The number of thiophene rings is 1. The summed E-state index contributed by atoms with van der Waals surface area (Å²) in [5, 5.41) is 6.24. The third kappa shape index (κ3) is 5.30. The first-order valence-corrected chi connectivity index (χ1v) is 14.3. The lowest BCUT2D eigenvalue weighted by Crippen LogP contribution is -2.45. The van der Waals surface area contributed by atoms with Gasteiger partial charge in [0.2, 0.25) is 5.95 Å². The molecule has 4 heterocycles. The highest BCUT2D eigenvalue weighted by Gasteiger charge is 2.18. The van der Waals surface area contributed by atoms with E-state index in [0.717, 1.165) is 54.4 Å². The molecule has 1 saturated heterocycles. The molecule has 0 unspecified atom stereocenters. The van der Waals surface area contributed by atoms with Crippen LogP contribution in [-0.2, 0) is 13.1 Å². The molecule has 3 aromatic heterocycles. The molecule has 5 aromatic rings. The van der Waals surface area contributed by atoms with Gasteiger partial charge < -0.3 is 10.2 Å². The van der Waals surface area contributed by atoms with E-state index in [1.807, 2.05) is 37.4 Å². The van der Waals surface area contributed by atoms with Crippen molar-refractivity contribution in [1.29, 1.82) is 0 Å². The summed E-state index contributed by atoms with van der Waals surface area (Å²) in [6.45, 7) is 9.60. The van der Waals surface area contributed by atoms with E-state index in [0.29, 0.717) is 23.7 Å². The molecule has 200 valence electrons. The number of piperazine rings is 1. The van der Waals surface area contributed by atoms with Crippen LogP contribution in [0.2, 0.25) is 0 Å². The fourth-order valence-electron chi connectivity index (χ4n) is 5.24. The highest BCUT2D eigenvalue weighted by molar-refractivity contribution is 7.13. The number of fused-ring (bicyclic) bond motifs is 1. The fourth-order valence-corrected chi connectivity index (χ4v) is 5.97. The van der Waals surface area contributed by atoms with Crippen LogP contribution in [0, 0.1) is 6.92 Å². The fraction of sp³-hybridized carbons (Fsp3) is 0.258. The van der Waals surface area contributed by atoms with E-state index >= 15 is 0 Å². The molecule has 1 aliphatic rings. The maximum Gasteiger partial charge on any atom is 0.260 e. The summed E-state index contributed by atoms with van der Waals surface area (Å²) in [4.78, 5) is 28.7. The van der Waals surface area contributed by atoms with E-state index < -0.39 is 0 Å². The van der Waals surface area contributed by atoms with Gasteiger partial charge in [-0.2, -0.15) is 4.98 Å². The molecule has 2 aromatic carbocycles. The minimum Gasteiger partial charge on any atom is -0.369 e. The summed E-state index contributed by atoms with van der Waals surface area (Å²) in [5.74, 6) is 0.493. The maximum absolute atomic E-state index is 13.3.